The van der Waals surface area contributed by atoms with Gasteiger partial charge in [-0.15, -0.1) is 0 Å². The number of hydrogen-bond acceptors (Lipinski definition) is 6. The van der Waals surface area contributed by atoms with E-state index in [0.717, 1.165) is 11.1 Å². The minimum absolute atomic E-state index is 0.00582. The van der Waals surface area contributed by atoms with Gasteiger partial charge in [-0.1, -0.05) is 48.5 Å². The quantitative estimate of drug-likeness (QED) is 0.514. The van der Waals surface area contributed by atoms with Crippen molar-refractivity contribution in [3.63, 3.8) is 0 Å². The van der Waals surface area contributed by atoms with E-state index in [1.807, 2.05) is 24.3 Å². The highest BCUT2D eigenvalue weighted by Crippen LogP contribution is 2.44. The largest absolute Gasteiger partial charge is 0.480 e. The number of fused-ring (bicyclic) bond motifs is 3. The average Bonchev–Trinajstić information content (AvgIpc) is 3.13. The number of alkyl carbamates (subject to hydrolysis) is 1. The molecule has 2 aliphatic rings. The standard InChI is InChI=1S/C25H28N2O7/c1-25(34-14-23(29)30)15-27(16-25)22(28)13-32-11-10-26-24(31)33-12-21-19-8-4-2-6-17(19)18-7-3-5-9-20(18)21/h2-9,21H,10-16H2,1H3,(H,26,31)(H,29,30). The van der Waals surface area contributed by atoms with Crippen molar-refractivity contribution >= 4 is 18.0 Å². The molecule has 2 N–H and O–H groups in total. The molecule has 1 heterocycles. The number of carbonyl (C=O) groups is 3. The van der Waals surface area contributed by atoms with Crippen molar-refractivity contribution in [2.45, 2.75) is 18.4 Å². The SMILES string of the molecule is CC1(OCC(=O)O)CN(C(=O)COCCNC(=O)OCC2c3ccccc3-c3ccccc32)C1. The maximum atomic E-state index is 12.1. The second kappa shape index (κ2) is 10.2. The minimum atomic E-state index is -1.04. The number of likely N-dealkylation sites (tertiary alicyclic amines) is 1. The number of amides is 2. The minimum Gasteiger partial charge on any atom is -0.480 e. The summed E-state index contributed by atoms with van der Waals surface area (Å²) in [5, 5.41) is 11.3. The van der Waals surface area contributed by atoms with Crippen LogP contribution >= 0.6 is 0 Å². The number of carboxylic acids is 1. The summed E-state index contributed by atoms with van der Waals surface area (Å²) >= 11 is 0. The van der Waals surface area contributed by atoms with E-state index >= 15 is 0 Å². The first-order valence-electron chi connectivity index (χ1n) is 11.2. The van der Waals surface area contributed by atoms with Gasteiger partial charge < -0.3 is 29.5 Å². The van der Waals surface area contributed by atoms with E-state index in [-0.39, 0.29) is 38.2 Å². The predicted octanol–water partition coefficient (Wildman–Crippen LogP) is 2.24. The number of benzene rings is 2. The summed E-state index contributed by atoms with van der Waals surface area (Å²) in [6, 6.07) is 16.3. The van der Waals surface area contributed by atoms with Crippen LogP contribution < -0.4 is 5.32 Å². The van der Waals surface area contributed by atoms with Gasteiger partial charge >= 0.3 is 12.1 Å². The Hall–Kier alpha value is -3.43. The number of rotatable bonds is 10. The highest BCUT2D eigenvalue weighted by Gasteiger charge is 2.42. The molecule has 0 radical (unpaired) electrons. The zero-order valence-electron chi connectivity index (χ0n) is 19.0. The number of nitrogens with zero attached hydrogens (tertiary/aromatic N) is 1. The molecule has 1 fully saturated rings. The zero-order valence-corrected chi connectivity index (χ0v) is 19.0. The van der Waals surface area contributed by atoms with E-state index in [2.05, 4.69) is 29.6 Å². The fourth-order valence-corrected chi connectivity index (χ4v) is 4.39. The Morgan fingerprint density at radius 3 is 2.26 bits per heavy atom. The van der Waals surface area contributed by atoms with Gasteiger partial charge in [0.1, 0.15) is 25.4 Å². The molecule has 0 bridgehead atoms. The molecular formula is C25H28N2O7. The summed E-state index contributed by atoms with van der Waals surface area (Å²) in [6.07, 6.45) is -0.536. The van der Waals surface area contributed by atoms with Crippen molar-refractivity contribution in [3.05, 3.63) is 59.7 Å². The lowest BCUT2D eigenvalue weighted by atomic mass is 9.96. The van der Waals surface area contributed by atoms with Crippen molar-refractivity contribution in [2.24, 2.45) is 0 Å². The molecule has 2 amide bonds. The maximum absolute atomic E-state index is 12.1. The van der Waals surface area contributed by atoms with Crippen LogP contribution in [0.2, 0.25) is 0 Å². The van der Waals surface area contributed by atoms with Crippen molar-refractivity contribution in [2.75, 3.05) is 46.1 Å². The van der Waals surface area contributed by atoms with Crippen LogP contribution in [0.1, 0.15) is 24.0 Å². The smallest absolute Gasteiger partial charge is 0.407 e. The van der Waals surface area contributed by atoms with E-state index in [0.29, 0.717) is 13.1 Å². The summed E-state index contributed by atoms with van der Waals surface area (Å²) in [6.45, 7) is 2.49. The van der Waals surface area contributed by atoms with Crippen LogP contribution in [-0.4, -0.2) is 79.6 Å². The van der Waals surface area contributed by atoms with Crippen LogP contribution in [0.5, 0.6) is 0 Å². The van der Waals surface area contributed by atoms with Crippen molar-refractivity contribution < 1.29 is 33.7 Å². The zero-order chi connectivity index (χ0) is 24.1. The lowest BCUT2D eigenvalue weighted by Crippen LogP contribution is -2.64. The molecule has 9 nitrogen and oxygen atoms in total. The van der Waals surface area contributed by atoms with E-state index in [1.165, 1.54) is 11.1 Å². The van der Waals surface area contributed by atoms with E-state index in [9.17, 15) is 14.4 Å². The molecule has 0 aromatic heterocycles. The maximum Gasteiger partial charge on any atom is 0.407 e. The molecule has 9 heteroatoms. The summed E-state index contributed by atoms with van der Waals surface area (Å²) in [5.41, 5.74) is 3.99. The van der Waals surface area contributed by atoms with Crippen molar-refractivity contribution in [3.8, 4) is 11.1 Å². The Labute approximate surface area is 197 Å². The van der Waals surface area contributed by atoms with Gasteiger partial charge in [-0.05, 0) is 29.2 Å². The average molecular weight is 469 g/mol. The van der Waals surface area contributed by atoms with Gasteiger partial charge in [-0.3, -0.25) is 4.79 Å². The highest BCUT2D eigenvalue weighted by molar-refractivity contribution is 5.79. The molecule has 0 atom stereocenters. The van der Waals surface area contributed by atoms with Crippen molar-refractivity contribution in [1.29, 1.82) is 0 Å². The van der Waals surface area contributed by atoms with E-state index in [4.69, 9.17) is 19.3 Å². The molecule has 0 saturated carbocycles. The Morgan fingerprint density at radius 1 is 1.03 bits per heavy atom. The van der Waals surface area contributed by atoms with Crippen LogP contribution in [0, 0.1) is 0 Å². The van der Waals surface area contributed by atoms with Gasteiger partial charge in [0.2, 0.25) is 5.91 Å². The molecule has 1 aliphatic carbocycles. The first kappa shape index (κ1) is 23.7. The second-order valence-corrected chi connectivity index (χ2v) is 8.69. The Morgan fingerprint density at radius 2 is 1.65 bits per heavy atom. The molecule has 0 spiro atoms. The van der Waals surface area contributed by atoms with Gasteiger partial charge in [-0.2, -0.15) is 0 Å². The summed E-state index contributed by atoms with van der Waals surface area (Å²) in [7, 11) is 0. The number of ether oxygens (including phenoxy) is 3. The van der Waals surface area contributed by atoms with Gasteiger partial charge in [0.25, 0.3) is 0 Å². The predicted molar refractivity (Wildman–Crippen MR) is 122 cm³/mol. The molecule has 0 unspecified atom stereocenters. The topological polar surface area (TPSA) is 114 Å². The third-order valence-corrected chi connectivity index (χ3v) is 6.03. The Kier molecular flexibility index (Phi) is 7.14. The number of aliphatic carboxylic acids is 1. The molecule has 34 heavy (non-hydrogen) atoms. The molecule has 1 aliphatic heterocycles. The van der Waals surface area contributed by atoms with Gasteiger partial charge in [0, 0.05) is 12.5 Å². The van der Waals surface area contributed by atoms with Crippen LogP contribution in [0.4, 0.5) is 4.79 Å². The molecule has 1 saturated heterocycles. The fraction of sp³-hybridized carbons (Fsp3) is 0.400. The third-order valence-electron chi connectivity index (χ3n) is 6.03. The first-order chi connectivity index (χ1) is 16.4. The third kappa shape index (κ3) is 5.37. The van der Waals surface area contributed by atoms with Crippen LogP contribution in [0.3, 0.4) is 0 Å². The van der Waals surface area contributed by atoms with E-state index < -0.39 is 24.3 Å². The van der Waals surface area contributed by atoms with E-state index in [1.54, 1.807) is 11.8 Å². The molecule has 4 rings (SSSR count). The van der Waals surface area contributed by atoms with Crippen molar-refractivity contribution in [1.82, 2.24) is 10.2 Å². The van der Waals surface area contributed by atoms with Gasteiger partial charge in [0.05, 0.1) is 19.7 Å². The Bertz CT molecular complexity index is 1020. The van der Waals surface area contributed by atoms with Gasteiger partial charge in [-0.25, -0.2) is 9.59 Å². The molecule has 180 valence electrons. The van der Waals surface area contributed by atoms with Crippen LogP contribution in [-0.2, 0) is 23.8 Å². The lowest BCUT2D eigenvalue weighted by molar-refractivity contribution is -0.175. The normalized spacial score (nSPS) is 15.7. The van der Waals surface area contributed by atoms with Gasteiger partial charge in [0.15, 0.2) is 0 Å². The summed E-state index contributed by atoms with van der Waals surface area (Å²) < 4.78 is 16.1. The Balaban J connectivity index is 1.13. The van der Waals surface area contributed by atoms with Crippen LogP contribution in [0.15, 0.2) is 48.5 Å². The molecular weight excluding hydrogens is 440 g/mol. The molecule has 2 aromatic carbocycles. The highest BCUT2D eigenvalue weighted by atomic mass is 16.5. The van der Waals surface area contributed by atoms with Crippen LogP contribution in [0.25, 0.3) is 11.1 Å². The number of carboxylic acid groups (broad SMARTS) is 1. The number of hydrogen-bond donors (Lipinski definition) is 2. The number of nitrogens with one attached hydrogen (secondary N) is 1. The molecule has 2 aromatic rings. The first-order valence-corrected chi connectivity index (χ1v) is 11.2. The fourth-order valence-electron chi connectivity index (χ4n) is 4.39. The summed E-state index contributed by atoms with van der Waals surface area (Å²) in [5.74, 6) is -1.26. The second-order valence-electron chi connectivity index (χ2n) is 8.69. The monoisotopic (exact) mass is 468 g/mol. The lowest BCUT2D eigenvalue weighted by Gasteiger charge is -2.47. The summed E-state index contributed by atoms with van der Waals surface area (Å²) in [4.78, 5) is 36.4. The number of carbonyl (C=O) groups excluding carboxylic acids is 2.